The molecule has 1 fully saturated rings. The Morgan fingerprint density at radius 1 is 1.55 bits per heavy atom. The Balaban J connectivity index is 2.36. The molecule has 1 aliphatic rings. The lowest BCUT2D eigenvalue weighted by molar-refractivity contribution is 0.548. The van der Waals surface area contributed by atoms with Crippen LogP contribution >= 0.6 is 11.8 Å². The van der Waals surface area contributed by atoms with E-state index in [9.17, 15) is 8.42 Å². The summed E-state index contributed by atoms with van der Waals surface area (Å²) in [5.41, 5.74) is 0. The van der Waals surface area contributed by atoms with Gasteiger partial charge >= 0.3 is 0 Å². The van der Waals surface area contributed by atoms with Crippen LogP contribution < -0.4 is 4.72 Å². The molecule has 1 heterocycles. The first-order valence-corrected chi connectivity index (χ1v) is 6.67. The topological polar surface area (TPSA) is 46.2 Å². The molecule has 66 valence electrons. The minimum atomic E-state index is -2.99. The fourth-order valence-corrected chi connectivity index (χ4v) is 3.12. The van der Waals surface area contributed by atoms with E-state index in [1.165, 1.54) is 12.0 Å². The van der Waals surface area contributed by atoms with E-state index in [1.54, 1.807) is 0 Å². The zero-order chi connectivity index (χ0) is 8.32. The van der Waals surface area contributed by atoms with Crippen LogP contribution in [0.1, 0.15) is 12.8 Å². The highest BCUT2D eigenvalue weighted by atomic mass is 32.2. The quantitative estimate of drug-likeness (QED) is 0.695. The van der Waals surface area contributed by atoms with E-state index in [0.717, 1.165) is 18.6 Å². The van der Waals surface area contributed by atoms with Crippen molar-refractivity contribution in [3.8, 4) is 0 Å². The van der Waals surface area contributed by atoms with E-state index in [1.807, 2.05) is 11.8 Å². The molecule has 0 amide bonds. The third-order valence-corrected chi connectivity index (χ3v) is 3.52. The van der Waals surface area contributed by atoms with Crippen molar-refractivity contribution in [2.45, 2.75) is 18.9 Å². The predicted molar refractivity (Wildman–Crippen MR) is 48.3 cm³/mol. The van der Waals surface area contributed by atoms with Crippen molar-refractivity contribution >= 4 is 21.8 Å². The van der Waals surface area contributed by atoms with Crippen molar-refractivity contribution < 1.29 is 8.42 Å². The minimum absolute atomic E-state index is 0.170. The Morgan fingerprint density at radius 2 is 2.27 bits per heavy atom. The molecule has 0 radical (unpaired) electrons. The summed E-state index contributed by atoms with van der Waals surface area (Å²) in [7, 11) is -2.99. The van der Waals surface area contributed by atoms with E-state index in [-0.39, 0.29) is 6.04 Å². The molecule has 0 aromatic carbocycles. The Hall–Kier alpha value is 0.260. The number of rotatable bonds is 2. The second-order valence-electron chi connectivity index (χ2n) is 2.80. The van der Waals surface area contributed by atoms with Gasteiger partial charge in [-0.25, -0.2) is 13.1 Å². The van der Waals surface area contributed by atoms with Gasteiger partial charge < -0.3 is 0 Å². The SMILES string of the molecule is CS(=O)(=O)NC1CCCSC1. The third-order valence-electron chi connectivity index (χ3n) is 1.54. The second-order valence-corrected chi connectivity index (χ2v) is 5.73. The smallest absolute Gasteiger partial charge is 0.208 e. The molecule has 1 N–H and O–H groups in total. The van der Waals surface area contributed by atoms with Crippen LogP contribution in [0.2, 0.25) is 0 Å². The molecule has 0 bridgehead atoms. The number of hydrogen-bond acceptors (Lipinski definition) is 3. The molecule has 1 saturated heterocycles. The molecule has 5 heteroatoms. The monoisotopic (exact) mass is 195 g/mol. The molecular weight excluding hydrogens is 182 g/mol. The fourth-order valence-electron chi connectivity index (χ4n) is 1.14. The van der Waals surface area contributed by atoms with E-state index in [4.69, 9.17) is 0 Å². The summed E-state index contributed by atoms with van der Waals surface area (Å²) < 4.78 is 24.2. The summed E-state index contributed by atoms with van der Waals surface area (Å²) in [6.07, 6.45) is 3.32. The molecule has 0 saturated carbocycles. The Morgan fingerprint density at radius 3 is 2.73 bits per heavy atom. The van der Waals surface area contributed by atoms with Gasteiger partial charge in [-0.3, -0.25) is 0 Å². The summed E-state index contributed by atoms with van der Waals surface area (Å²) in [6.45, 7) is 0. The van der Waals surface area contributed by atoms with Gasteiger partial charge in [0.1, 0.15) is 0 Å². The van der Waals surface area contributed by atoms with Crippen LogP contribution in [0, 0.1) is 0 Å². The first kappa shape index (κ1) is 9.35. The van der Waals surface area contributed by atoms with Crippen molar-refractivity contribution in [3.05, 3.63) is 0 Å². The average molecular weight is 195 g/mol. The van der Waals surface area contributed by atoms with Crippen molar-refractivity contribution in [2.24, 2.45) is 0 Å². The van der Waals surface area contributed by atoms with Crippen LogP contribution in [0.25, 0.3) is 0 Å². The number of nitrogens with one attached hydrogen (secondary N) is 1. The highest BCUT2D eigenvalue weighted by Crippen LogP contribution is 2.17. The standard InChI is InChI=1S/C6H13NO2S2/c1-11(8,9)7-6-3-2-4-10-5-6/h6-7H,2-5H2,1H3. The highest BCUT2D eigenvalue weighted by molar-refractivity contribution is 7.99. The van der Waals surface area contributed by atoms with Gasteiger partial charge in [0.25, 0.3) is 0 Å². The van der Waals surface area contributed by atoms with Crippen molar-refractivity contribution in [1.29, 1.82) is 0 Å². The second kappa shape index (κ2) is 3.78. The summed E-state index contributed by atoms with van der Waals surface area (Å²) in [5.74, 6) is 2.09. The van der Waals surface area contributed by atoms with E-state index in [0.29, 0.717) is 0 Å². The van der Waals surface area contributed by atoms with Crippen LogP contribution in [-0.4, -0.2) is 32.2 Å². The van der Waals surface area contributed by atoms with Gasteiger partial charge in [0, 0.05) is 11.8 Å². The molecule has 3 nitrogen and oxygen atoms in total. The summed E-state index contributed by atoms with van der Waals surface area (Å²) in [6, 6.07) is 0.170. The molecule has 0 aromatic rings. The lowest BCUT2D eigenvalue weighted by Crippen LogP contribution is -2.37. The normalized spacial score (nSPS) is 26.8. The zero-order valence-corrected chi connectivity index (χ0v) is 8.17. The highest BCUT2D eigenvalue weighted by Gasteiger charge is 2.16. The predicted octanol–water partition coefficient (Wildman–Crippen LogP) is 0.431. The van der Waals surface area contributed by atoms with Gasteiger partial charge in [-0.2, -0.15) is 11.8 Å². The molecule has 0 spiro atoms. The molecule has 1 aliphatic heterocycles. The first-order valence-electron chi connectivity index (χ1n) is 3.63. The summed E-state index contributed by atoms with van der Waals surface area (Å²) in [4.78, 5) is 0. The average Bonchev–Trinajstić information content (AvgIpc) is 1.85. The lowest BCUT2D eigenvalue weighted by atomic mass is 10.2. The maximum atomic E-state index is 10.8. The Labute approximate surface area is 72.0 Å². The molecule has 1 rings (SSSR count). The number of hydrogen-bond donors (Lipinski definition) is 1. The van der Waals surface area contributed by atoms with E-state index < -0.39 is 10.0 Å². The van der Waals surface area contributed by atoms with Gasteiger partial charge in [0.15, 0.2) is 0 Å². The van der Waals surface area contributed by atoms with Crippen LogP contribution in [0.3, 0.4) is 0 Å². The maximum absolute atomic E-state index is 10.8. The Kier molecular flexibility index (Phi) is 3.21. The molecule has 0 aromatic heterocycles. The largest absolute Gasteiger partial charge is 0.213 e. The van der Waals surface area contributed by atoms with Gasteiger partial charge in [0.2, 0.25) is 10.0 Å². The fraction of sp³-hybridized carbons (Fsp3) is 1.00. The molecule has 11 heavy (non-hydrogen) atoms. The van der Waals surface area contributed by atoms with Crippen LogP contribution in [0.15, 0.2) is 0 Å². The number of sulfonamides is 1. The van der Waals surface area contributed by atoms with Gasteiger partial charge in [-0.05, 0) is 18.6 Å². The van der Waals surface area contributed by atoms with Crippen LogP contribution in [0.4, 0.5) is 0 Å². The molecule has 1 atom stereocenters. The van der Waals surface area contributed by atoms with Crippen LogP contribution in [-0.2, 0) is 10.0 Å². The zero-order valence-electron chi connectivity index (χ0n) is 6.54. The summed E-state index contributed by atoms with van der Waals surface area (Å²) in [5, 5.41) is 0. The Bertz CT molecular complexity index is 207. The summed E-state index contributed by atoms with van der Waals surface area (Å²) >= 11 is 1.82. The van der Waals surface area contributed by atoms with E-state index >= 15 is 0 Å². The van der Waals surface area contributed by atoms with Crippen molar-refractivity contribution in [3.63, 3.8) is 0 Å². The van der Waals surface area contributed by atoms with Crippen molar-refractivity contribution in [1.82, 2.24) is 4.72 Å². The van der Waals surface area contributed by atoms with Gasteiger partial charge in [0.05, 0.1) is 6.26 Å². The molecule has 0 aliphatic carbocycles. The van der Waals surface area contributed by atoms with Gasteiger partial charge in [-0.1, -0.05) is 0 Å². The lowest BCUT2D eigenvalue weighted by Gasteiger charge is -2.20. The first-order chi connectivity index (χ1) is 5.08. The molecule has 1 unspecified atom stereocenters. The van der Waals surface area contributed by atoms with Crippen molar-refractivity contribution in [2.75, 3.05) is 17.8 Å². The molecular formula is C6H13NO2S2. The third kappa shape index (κ3) is 3.98. The van der Waals surface area contributed by atoms with E-state index in [2.05, 4.69) is 4.72 Å². The van der Waals surface area contributed by atoms with Gasteiger partial charge in [-0.15, -0.1) is 0 Å². The minimum Gasteiger partial charge on any atom is -0.213 e. The maximum Gasteiger partial charge on any atom is 0.208 e. The number of thioether (sulfide) groups is 1. The van der Waals surface area contributed by atoms with Crippen LogP contribution in [0.5, 0.6) is 0 Å².